The normalized spacial score (nSPS) is 28.0. The maximum absolute atomic E-state index is 12.8. The minimum absolute atomic E-state index is 0.154. The highest BCUT2D eigenvalue weighted by atomic mass is 35.5. The monoisotopic (exact) mass is 376 g/mol. The number of rotatable bonds is 2. The van der Waals surface area contributed by atoms with Gasteiger partial charge in [0, 0.05) is 0 Å². The Morgan fingerprint density at radius 3 is 2.61 bits per heavy atom. The molecule has 3 rings (SSSR count). The average molecular weight is 377 g/mol. The van der Waals surface area contributed by atoms with E-state index in [2.05, 4.69) is 9.73 Å². The maximum atomic E-state index is 12.8. The summed E-state index contributed by atoms with van der Waals surface area (Å²) in [6.07, 6.45) is 1.87. The van der Waals surface area contributed by atoms with E-state index in [0.717, 1.165) is 17.8 Å². The molecule has 2 heterocycles. The summed E-state index contributed by atoms with van der Waals surface area (Å²) >= 11 is 7.32. The predicted molar refractivity (Wildman–Crippen MR) is 90.0 cm³/mol. The van der Waals surface area contributed by atoms with Gasteiger partial charge in [-0.15, -0.1) is 11.3 Å². The van der Waals surface area contributed by atoms with E-state index in [1.807, 2.05) is 0 Å². The zero-order valence-electron chi connectivity index (χ0n) is 12.8. The molecule has 1 saturated carbocycles. The lowest BCUT2D eigenvalue weighted by Gasteiger charge is -2.46. The van der Waals surface area contributed by atoms with Gasteiger partial charge >= 0.3 is 5.97 Å². The number of ether oxygens (including phenoxy) is 1. The van der Waals surface area contributed by atoms with Crippen molar-refractivity contribution in [1.29, 1.82) is 0 Å². The second-order valence-electron chi connectivity index (χ2n) is 6.16. The molecule has 1 fully saturated rings. The highest BCUT2D eigenvalue weighted by Gasteiger charge is 2.58. The van der Waals surface area contributed by atoms with Crippen molar-refractivity contribution in [2.24, 2.45) is 10.7 Å². The van der Waals surface area contributed by atoms with Crippen LogP contribution in [-0.2, 0) is 20.1 Å². The topological polar surface area (TPSA) is 98.8 Å². The van der Waals surface area contributed by atoms with E-state index >= 15 is 0 Å². The van der Waals surface area contributed by atoms with Gasteiger partial charge in [0.1, 0.15) is 21.0 Å². The second kappa shape index (κ2) is 5.19. The molecule has 1 atom stereocenters. The van der Waals surface area contributed by atoms with Gasteiger partial charge in [-0.1, -0.05) is 11.6 Å². The maximum Gasteiger partial charge on any atom is 0.348 e. The fraction of sp³-hybridized carbons (Fsp3) is 0.571. The van der Waals surface area contributed by atoms with Crippen molar-refractivity contribution in [3.8, 4) is 0 Å². The molecule has 1 aliphatic heterocycles. The van der Waals surface area contributed by atoms with Gasteiger partial charge in [-0.2, -0.15) is 0 Å². The van der Waals surface area contributed by atoms with E-state index in [-0.39, 0.29) is 11.6 Å². The van der Waals surface area contributed by atoms with Crippen LogP contribution in [0.4, 0.5) is 0 Å². The number of methoxy groups -OCH3 is 1. The number of halogens is 1. The molecule has 0 radical (unpaired) electrons. The molecular formula is C14H17ClN2O4S2. The van der Waals surface area contributed by atoms with Crippen molar-refractivity contribution < 1.29 is 17.9 Å². The molecule has 1 aromatic rings. The summed E-state index contributed by atoms with van der Waals surface area (Å²) in [7, 11) is -2.17. The molecule has 0 saturated heterocycles. The van der Waals surface area contributed by atoms with Crippen molar-refractivity contribution in [1.82, 2.24) is 0 Å². The molecule has 1 aliphatic carbocycles. The van der Waals surface area contributed by atoms with Crippen molar-refractivity contribution >= 4 is 44.6 Å². The summed E-state index contributed by atoms with van der Waals surface area (Å²) in [4.78, 5) is 17.0. The largest absolute Gasteiger partial charge is 0.465 e. The third-order valence-electron chi connectivity index (χ3n) is 4.62. The van der Waals surface area contributed by atoms with Crippen LogP contribution in [0, 0.1) is 0 Å². The molecule has 9 heteroatoms. The van der Waals surface area contributed by atoms with Crippen LogP contribution in [0.5, 0.6) is 0 Å². The molecule has 6 nitrogen and oxygen atoms in total. The van der Waals surface area contributed by atoms with Gasteiger partial charge < -0.3 is 10.5 Å². The number of amidine groups is 1. The fourth-order valence-corrected chi connectivity index (χ4v) is 7.33. The van der Waals surface area contributed by atoms with E-state index < -0.39 is 26.1 Å². The molecule has 23 heavy (non-hydrogen) atoms. The third-order valence-corrected chi connectivity index (χ3v) is 9.15. The second-order valence-corrected chi connectivity index (χ2v) is 9.92. The van der Waals surface area contributed by atoms with Gasteiger partial charge in [0.15, 0.2) is 9.84 Å². The number of nitrogens with zero attached hydrogens (tertiary/aromatic N) is 1. The Labute approximate surface area is 143 Å². The molecule has 1 spiro atoms. The Hall–Kier alpha value is -1.12. The van der Waals surface area contributed by atoms with Crippen molar-refractivity contribution in [3.63, 3.8) is 0 Å². The number of hydrogen-bond acceptors (Lipinski definition) is 7. The minimum Gasteiger partial charge on any atom is -0.465 e. The summed E-state index contributed by atoms with van der Waals surface area (Å²) in [6.45, 7) is 1.68. The predicted octanol–water partition coefficient (Wildman–Crippen LogP) is 2.11. The average Bonchev–Trinajstić information content (AvgIpc) is 2.76. The number of sulfone groups is 1. The number of carbonyl (C=O) groups excluding carboxylic acids is 1. The Morgan fingerprint density at radius 2 is 2.13 bits per heavy atom. The highest BCUT2D eigenvalue weighted by Crippen LogP contribution is 2.49. The Kier molecular flexibility index (Phi) is 3.77. The number of esters is 1. The molecular weight excluding hydrogens is 360 g/mol. The lowest BCUT2D eigenvalue weighted by Crippen LogP contribution is -2.61. The van der Waals surface area contributed by atoms with E-state index in [0.29, 0.717) is 27.6 Å². The quantitative estimate of drug-likeness (QED) is 0.797. The van der Waals surface area contributed by atoms with Crippen LogP contribution in [-0.4, -0.2) is 37.8 Å². The SMILES string of the molecule is COC(=O)c1cc(Cl)c([C@]2(C)CS(=O)(=O)C3(CCC3)C(N)=N2)s1. The Balaban J connectivity index is 2.10. The Morgan fingerprint density at radius 1 is 1.48 bits per heavy atom. The van der Waals surface area contributed by atoms with Crippen molar-refractivity contribution in [2.75, 3.05) is 12.9 Å². The first-order valence-electron chi connectivity index (χ1n) is 7.11. The summed E-state index contributed by atoms with van der Waals surface area (Å²) in [6, 6.07) is 1.48. The smallest absolute Gasteiger partial charge is 0.348 e. The van der Waals surface area contributed by atoms with Crippen LogP contribution in [0.15, 0.2) is 11.1 Å². The molecule has 1 aromatic heterocycles. The molecule has 0 unspecified atom stereocenters. The zero-order valence-corrected chi connectivity index (χ0v) is 15.1. The highest BCUT2D eigenvalue weighted by molar-refractivity contribution is 7.93. The lowest BCUT2D eigenvalue weighted by atomic mass is 9.82. The third kappa shape index (κ3) is 2.30. The van der Waals surface area contributed by atoms with Crippen LogP contribution in [0.3, 0.4) is 0 Å². The van der Waals surface area contributed by atoms with Crippen molar-refractivity contribution in [2.45, 2.75) is 36.5 Å². The summed E-state index contributed by atoms with van der Waals surface area (Å²) in [5.74, 6) is -0.527. The van der Waals surface area contributed by atoms with Crippen molar-refractivity contribution in [3.05, 3.63) is 20.8 Å². The molecule has 2 N–H and O–H groups in total. The van der Waals surface area contributed by atoms with Crippen LogP contribution in [0.2, 0.25) is 5.02 Å². The molecule has 0 aromatic carbocycles. The fourth-order valence-electron chi connectivity index (χ4n) is 3.19. The van der Waals surface area contributed by atoms with Crippen LogP contribution in [0.1, 0.15) is 40.7 Å². The number of aliphatic imine (C=N–C) groups is 1. The first-order chi connectivity index (χ1) is 10.7. The molecule has 0 bridgehead atoms. The molecule has 0 amide bonds. The van der Waals surface area contributed by atoms with Gasteiger partial charge in [0.25, 0.3) is 0 Å². The van der Waals surface area contributed by atoms with Gasteiger partial charge in [-0.3, -0.25) is 4.99 Å². The molecule has 126 valence electrons. The van der Waals surface area contributed by atoms with Crippen LogP contribution in [0.25, 0.3) is 0 Å². The zero-order chi connectivity index (χ0) is 17.0. The lowest BCUT2D eigenvalue weighted by molar-refractivity contribution is 0.0606. The summed E-state index contributed by atoms with van der Waals surface area (Å²) in [5, 5.41) is 0.300. The summed E-state index contributed by atoms with van der Waals surface area (Å²) < 4.78 is 29.3. The minimum atomic E-state index is -3.45. The first kappa shape index (κ1) is 16.7. The molecule has 2 aliphatic rings. The standard InChI is InChI=1S/C14H17ClN2O4S2/c1-13(10-8(15)6-9(22-10)11(18)21-2)7-23(19,20)14(4-3-5-14)12(16)17-13/h6H,3-5,7H2,1-2H3,(H2,16,17)/t13-/m0/s1. The first-order valence-corrected chi connectivity index (χ1v) is 9.96. The van der Waals surface area contributed by atoms with E-state index in [9.17, 15) is 13.2 Å². The summed E-state index contributed by atoms with van der Waals surface area (Å²) in [5.41, 5.74) is 4.96. The Bertz CT molecular complexity index is 811. The number of carbonyl (C=O) groups is 1. The van der Waals surface area contributed by atoms with Gasteiger partial charge in [-0.05, 0) is 32.3 Å². The number of hydrogen-bond donors (Lipinski definition) is 1. The van der Waals surface area contributed by atoms with Crippen LogP contribution < -0.4 is 5.73 Å². The van der Waals surface area contributed by atoms with E-state index in [1.165, 1.54) is 13.2 Å². The number of thiophene rings is 1. The van der Waals surface area contributed by atoms with E-state index in [4.69, 9.17) is 17.3 Å². The van der Waals surface area contributed by atoms with Gasteiger partial charge in [-0.25, -0.2) is 13.2 Å². The van der Waals surface area contributed by atoms with Gasteiger partial charge in [0.2, 0.25) is 0 Å². The van der Waals surface area contributed by atoms with E-state index in [1.54, 1.807) is 6.92 Å². The van der Waals surface area contributed by atoms with Gasteiger partial charge in [0.05, 0.1) is 22.8 Å². The van der Waals surface area contributed by atoms with Crippen LogP contribution >= 0.6 is 22.9 Å². The number of nitrogens with two attached hydrogens (primary N) is 1.